The minimum absolute atomic E-state index is 0.716. The molecule has 0 radical (unpaired) electrons. The Morgan fingerprint density at radius 2 is 2.06 bits per heavy atom. The highest BCUT2D eigenvalue weighted by Gasteiger charge is 2.33. The predicted molar refractivity (Wildman–Crippen MR) is 69.6 cm³/mol. The second kappa shape index (κ2) is 5.50. The van der Waals surface area contributed by atoms with Crippen LogP contribution in [-0.4, -0.2) is 36.6 Å². The summed E-state index contributed by atoms with van der Waals surface area (Å²) in [6, 6.07) is 1.54. The number of rotatable bonds is 4. The zero-order valence-electron chi connectivity index (χ0n) is 11.2. The molecule has 2 rings (SSSR count). The van der Waals surface area contributed by atoms with E-state index in [0.29, 0.717) is 6.04 Å². The molecule has 2 nitrogen and oxygen atoms in total. The molecule has 0 bridgehead atoms. The van der Waals surface area contributed by atoms with Gasteiger partial charge in [-0.1, -0.05) is 20.3 Å². The van der Waals surface area contributed by atoms with Gasteiger partial charge in [-0.2, -0.15) is 0 Å². The summed E-state index contributed by atoms with van der Waals surface area (Å²) in [5.41, 5.74) is 0. The van der Waals surface area contributed by atoms with Gasteiger partial charge in [0.2, 0.25) is 0 Å². The lowest BCUT2D eigenvalue weighted by Crippen LogP contribution is -2.45. The van der Waals surface area contributed by atoms with Crippen molar-refractivity contribution >= 4 is 0 Å². The second-order valence-electron chi connectivity index (χ2n) is 5.87. The molecule has 3 atom stereocenters. The monoisotopic (exact) mass is 224 g/mol. The van der Waals surface area contributed by atoms with Gasteiger partial charge in [-0.05, 0) is 51.1 Å². The molecule has 16 heavy (non-hydrogen) atoms. The Bertz CT molecular complexity index is 213. The Balaban J connectivity index is 1.91. The van der Waals surface area contributed by atoms with Gasteiger partial charge in [-0.25, -0.2) is 0 Å². The fourth-order valence-corrected chi connectivity index (χ4v) is 2.89. The molecule has 1 saturated carbocycles. The lowest BCUT2D eigenvalue weighted by Gasteiger charge is -2.32. The smallest absolute Gasteiger partial charge is 0.0220 e. The summed E-state index contributed by atoms with van der Waals surface area (Å²) in [6.07, 6.45) is 5.56. The lowest BCUT2D eigenvalue weighted by molar-refractivity contribution is 0.171. The number of hydrogen-bond donors (Lipinski definition) is 1. The van der Waals surface area contributed by atoms with Gasteiger partial charge in [0, 0.05) is 18.6 Å². The standard InChI is InChI=1S/C14H28N2/c1-4-11(2)14-10-16(9-5-8-15-14)12(3)13-6-7-13/h11-15H,4-10H2,1-3H3. The maximum Gasteiger partial charge on any atom is 0.0220 e. The van der Waals surface area contributed by atoms with E-state index in [4.69, 9.17) is 0 Å². The van der Waals surface area contributed by atoms with Crippen molar-refractivity contribution in [2.75, 3.05) is 19.6 Å². The van der Waals surface area contributed by atoms with Crippen molar-refractivity contribution in [1.82, 2.24) is 10.2 Å². The van der Waals surface area contributed by atoms with Crippen molar-refractivity contribution in [1.29, 1.82) is 0 Å². The van der Waals surface area contributed by atoms with E-state index in [0.717, 1.165) is 17.9 Å². The highest BCUT2D eigenvalue weighted by atomic mass is 15.2. The van der Waals surface area contributed by atoms with Crippen molar-refractivity contribution in [2.24, 2.45) is 11.8 Å². The van der Waals surface area contributed by atoms with Crippen molar-refractivity contribution in [2.45, 2.75) is 58.5 Å². The second-order valence-corrected chi connectivity index (χ2v) is 5.87. The first-order valence-corrected chi connectivity index (χ1v) is 7.19. The summed E-state index contributed by atoms with van der Waals surface area (Å²) >= 11 is 0. The van der Waals surface area contributed by atoms with Crippen LogP contribution in [0.3, 0.4) is 0 Å². The van der Waals surface area contributed by atoms with Gasteiger partial charge in [-0.3, -0.25) is 4.90 Å². The van der Waals surface area contributed by atoms with Gasteiger partial charge in [0.15, 0.2) is 0 Å². The topological polar surface area (TPSA) is 15.3 Å². The molecule has 1 heterocycles. The van der Waals surface area contributed by atoms with E-state index < -0.39 is 0 Å². The Labute approximate surface area is 101 Å². The quantitative estimate of drug-likeness (QED) is 0.789. The first-order chi connectivity index (χ1) is 7.72. The number of nitrogens with one attached hydrogen (secondary N) is 1. The third-order valence-corrected chi connectivity index (χ3v) is 4.67. The van der Waals surface area contributed by atoms with Gasteiger partial charge < -0.3 is 5.32 Å². The summed E-state index contributed by atoms with van der Waals surface area (Å²) in [4.78, 5) is 2.74. The van der Waals surface area contributed by atoms with Gasteiger partial charge >= 0.3 is 0 Å². The van der Waals surface area contributed by atoms with Crippen molar-refractivity contribution in [3.63, 3.8) is 0 Å². The Hall–Kier alpha value is -0.0800. The fourth-order valence-electron chi connectivity index (χ4n) is 2.89. The molecule has 1 aliphatic carbocycles. The molecule has 1 N–H and O–H groups in total. The van der Waals surface area contributed by atoms with Gasteiger partial charge in [0.25, 0.3) is 0 Å². The van der Waals surface area contributed by atoms with Gasteiger partial charge in [0.05, 0.1) is 0 Å². The van der Waals surface area contributed by atoms with E-state index in [1.54, 1.807) is 0 Å². The predicted octanol–water partition coefficient (Wildman–Crippen LogP) is 2.49. The molecule has 94 valence electrons. The molecule has 0 amide bonds. The summed E-state index contributed by atoms with van der Waals surface area (Å²) < 4.78 is 0. The molecule has 0 aromatic rings. The molecule has 1 saturated heterocycles. The molecule has 2 aliphatic rings. The molecule has 2 fully saturated rings. The van der Waals surface area contributed by atoms with E-state index in [2.05, 4.69) is 31.0 Å². The van der Waals surface area contributed by atoms with Crippen LogP contribution >= 0.6 is 0 Å². The molecule has 0 aromatic heterocycles. The highest BCUT2D eigenvalue weighted by molar-refractivity contribution is 4.89. The molecule has 0 spiro atoms. The van der Waals surface area contributed by atoms with E-state index in [9.17, 15) is 0 Å². The summed E-state index contributed by atoms with van der Waals surface area (Å²) in [6.45, 7) is 10.9. The van der Waals surface area contributed by atoms with Crippen LogP contribution < -0.4 is 5.32 Å². The van der Waals surface area contributed by atoms with Crippen LogP contribution in [0.25, 0.3) is 0 Å². The average molecular weight is 224 g/mol. The molecular weight excluding hydrogens is 196 g/mol. The van der Waals surface area contributed by atoms with Gasteiger partial charge in [0.1, 0.15) is 0 Å². The zero-order valence-corrected chi connectivity index (χ0v) is 11.2. The van der Waals surface area contributed by atoms with E-state index in [-0.39, 0.29) is 0 Å². The molecule has 0 aromatic carbocycles. The fraction of sp³-hybridized carbons (Fsp3) is 1.00. The minimum atomic E-state index is 0.716. The third-order valence-electron chi connectivity index (χ3n) is 4.67. The van der Waals surface area contributed by atoms with Crippen molar-refractivity contribution in [3.8, 4) is 0 Å². The Morgan fingerprint density at radius 3 is 2.69 bits per heavy atom. The normalized spacial score (nSPS) is 32.1. The molecule has 1 aliphatic heterocycles. The lowest BCUT2D eigenvalue weighted by atomic mass is 9.98. The largest absolute Gasteiger partial charge is 0.312 e. The molecule has 3 unspecified atom stereocenters. The molecular formula is C14H28N2. The Morgan fingerprint density at radius 1 is 1.31 bits per heavy atom. The first kappa shape index (κ1) is 12.4. The SMILES string of the molecule is CCC(C)C1CN(C(C)C2CC2)CCCN1. The maximum absolute atomic E-state index is 3.73. The van der Waals surface area contributed by atoms with Crippen LogP contribution in [0.4, 0.5) is 0 Å². The van der Waals surface area contributed by atoms with E-state index >= 15 is 0 Å². The summed E-state index contributed by atoms with van der Waals surface area (Å²) in [5, 5.41) is 3.73. The Kier molecular flexibility index (Phi) is 4.26. The molecule has 2 heteroatoms. The highest BCUT2D eigenvalue weighted by Crippen LogP contribution is 2.35. The van der Waals surface area contributed by atoms with Gasteiger partial charge in [-0.15, -0.1) is 0 Å². The minimum Gasteiger partial charge on any atom is -0.312 e. The van der Waals surface area contributed by atoms with E-state index in [1.165, 1.54) is 45.3 Å². The zero-order chi connectivity index (χ0) is 11.5. The first-order valence-electron chi connectivity index (χ1n) is 7.19. The van der Waals surface area contributed by atoms with Crippen LogP contribution in [0.15, 0.2) is 0 Å². The average Bonchev–Trinajstić information content (AvgIpc) is 3.12. The number of nitrogens with zero attached hydrogens (tertiary/aromatic N) is 1. The van der Waals surface area contributed by atoms with E-state index in [1.807, 2.05) is 0 Å². The van der Waals surface area contributed by atoms with Crippen molar-refractivity contribution < 1.29 is 0 Å². The summed E-state index contributed by atoms with van der Waals surface area (Å²) in [7, 11) is 0. The van der Waals surface area contributed by atoms with Crippen LogP contribution in [0.2, 0.25) is 0 Å². The van der Waals surface area contributed by atoms with Crippen LogP contribution in [0, 0.1) is 11.8 Å². The number of hydrogen-bond acceptors (Lipinski definition) is 2. The maximum atomic E-state index is 3.73. The van der Waals surface area contributed by atoms with Crippen LogP contribution in [-0.2, 0) is 0 Å². The van der Waals surface area contributed by atoms with Crippen LogP contribution in [0.5, 0.6) is 0 Å². The summed E-state index contributed by atoms with van der Waals surface area (Å²) in [5.74, 6) is 1.82. The van der Waals surface area contributed by atoms with Crippen molar-refractivity contribution in [3.05, 3.63) is 0 Å². The third kappa shape index (κ3) is 2.98. The van der Waals surface area contributed by atoms with Crippen LogP contribution in [0.1, 0.15) is 46.5 Å².